The molecule has 1 aliphatic heterocycles. The van der Waals surface area contributed by atoms with Crippen LogP contribution in [0.2, 0.25) is 0 Å². The van der Waals surface area contributed by atoms with Crippen LogP contribution in [0, 0.1) is 6.92 Å². The lowest BCUT2D eigenvalue weighted by atomic mass is 10.1. The standard InChI is InChI=1S/C16H20N4O2/c1-11-9-13(18-22-11)14-5-4-8-20(14)16(21)12-6-7-15(17-10-12)19(2)3/h6-7,9-10,14H,4-5,8H2,1-3H3. The summed E-state index contributed by atoms with van der Waals surface area (Å²) in [5, 5.41) is 4.07. The molecule has 22 heavy (non-hydrogen) atoms. The zero-order valence-electron chi connectivity index (χ0n) is 13.1. The minimum atomic E-state index is -0.00141. The average molecular weight is 300 g/mol. The maximum absolute atomic E-state index is 12.7. The van der Waals surface area contributed by atoms with Crippen molar-refractivity contribution < 1.29 is 9.32 Å². The van der Waals surface area contributed by atoms with Gasteiger partial charge in [-0.05, 0) is 31.9 Å². The van der Waals surface area contributed by atoms with E-state index in [-0.39, 0.29) is 11.9 Å². The van der Waals surface area contributed by atoms with Gasteiger partial charge >= 0.3 is 0 Å². The average Bonchev–Trinajstić information content (AvgIpc) is 3.15. The van der Waals surface area contributed by atoms with Crippen molar-refractivity contribution in [1.29, 1.82) is 0 Å². The molecule has 1 fully saturated rings. The monoisotopic (exact) mass is 300 g/mol. The summed E-state index contributed by atoms with van der Waals surface area (Å²) in [4.78, 5) is 20.8. The van der Waals surface area contributed by atoms with E-state index < -0.39 is 0 Å². The third-order valence-corrected chi connectivity index (χ3v) is 3.95. The van der Waals surface area contributed by atoms with E-state index in [0.29, 0.717) is 5.56 Å². The number of nitrogens with zero attached hydrogens (tertiary/aromatic N) is 4. The molecule has 1 amide bonds. The van der Waals surface area contributed by atoms with Crippen molar-refractivity contribution in [3.8, 4) is 0 Å². The highest BCUT2D eigenvalue weighted by Crippen LogP contribution is 2.32. The van der Waals surface area contributed by atoms with Crippen molar-refractivity contribution in [2.45, 2.75) is 25.8 Å². The summed E-state index contributed by atoms with van der Waals surface area (Å²) >= 11 is 0. The van der Waals surface area contributed by atoms with Gasteiger partial charge in [0, 0.05) is 32.9 Å². The van der Waals surface area contributed by atoms with E-state index in [4.69, 9.17) is 4.52 Å². The van der Waals surface area contributed by atoms with Gasteiger partial charge in [0.2, 0.25) is 0 Å². The molecular weight excluding hydrogens is 280 g/mol. The molecule has 0 spiro atoms. The first kappa shape index (κ1) is 14.6. The van der Waals surface area contributed by atoms with Crippen molar-refractivity contribution in [1.82, 2.24) is 15.0 Å². The highest BCUT2D eigenvalue weighted by molar-refractivity contribution is 5.94. The number of carbonyl (C=O) groups is 1. The van der Waals surface area contributed by atoms with E-state index in [2.05, 4.69) is 10.1 Å². The van der Waals surface area contributed by atoms with E-state index in [1.165, 1.54) is 0 Å². The SMILES string of the molecule is Cc1cc(C2CCCN2C(=O)c2ccc(N(C)C)nc2)no1. The molecule has 6 nitrogen and oxygen atoms in total. The lowest BCUT2D eigenvalue weighted by Crippen LogP contribution is -2.30. The summed E-state index contributed by atoms with van der Waals surface area (Å²) < 4.78 is 5.15. The fourth-order valence-electron chi connectivity index (χ4n) is 2.80. The minimum absolute atomic E-state index is 0.000888. The molecule has 3 rings (SSSR count). The first-order valence-electron chi connectivity index (χ1n) is 7.44. The molecule has 1 atom stereocenters. The molecule has 6 heteroatoms. The molecule has 1 unspecified atom stereocenters. The maximum Gasteiger partial charge on any atom is 0.255 e. The van der Waals surface area contributed by atoms with Crippen LogP contribution in [0.15, 0.2) is 28.9 Å². The first-order valence-corrected chi connectivity index (χ1v) is 7.44. The predicted molar refractivity (Wildman–Crippen MR) is 82.8 cm³/mol. The molecule has 1 saturated heterocycles. The second-order valence-corrected chi connectivity index (χ2v) is 5.82. The van der Waals surface area contributed by atoms with Gasteiger partial charge in [-0.25, -0.2) is 4.98 Å². The Bertz CT molecular complexity index is 663. The number of amides is 1. The maximum atomic E-state index is 12.7. The molecule has 0 radical (unpaired) electrons. The third-order valence-electron chi connectivity index (χ3n) is 3.95. The fraction of sp³-hybridized carbons (Fsp3) is 0.438. The number of anilines is 1. The highest BCUT2D eigenvalue weighted by atomic mass is 16.5. The Hall–Kier alpha value is -2.37. The molecule has 1 aliphatic rings. The summed E-state index contributed by atoms with van der Waals surface area (Å²) in [7, 11) is 3.85. The second kappa shape index (κ2) is 5.79. The number of likely N-dealkylation sites (tertiary alicyclic amines) is 1. The van der Waals surface area contributed by atoms with Gasteiger partial charge in [0.05, 0.1) is 11.6 Å². The Morgan fingerprint density at radius 3 is 2.82 bits per heavy atom. The van der Waals surface area contributed by atoms with E-state index >= 15 is 0 Å². The lowest BCUT2D eigenvalue weighted by Gasteiger charge is -2.23. The van der Waals surface area contributed by atoms with Crippen molar-refractivity contribution in [3.05, 3.63) is 41.4 Å². The van der Waals surface area contributed by atoms with E-state index in [1.807, 2.05) is 49.0 Å². The van der Waals surface area contributed by atoms with Gasteiger partial charge in [-0.2, -0.15) is 0 Å². The summed E-state index contributed by atoms with van der Waals surface area (Å²) in [6, 6.07) is 5.59. The number of hydrogen-bond acceptors (Lipinski definition) is 5. The van der Waals surface area contributed by atoms with Crippen LogP contribution in [-0.4, -0.2) is 41.6 Å². The highest BCUT2D eigenvalue weighted by Gasteiger charge is 2.32. The van der Waals surface area contributed by atoms with E-state index in [1.54, 1.807) is 6.20 Å². The Balaban J connectivity index is 1.81. The summed E-state index contributed by atoms with van der Waals surface area (Å²) in [5.74, 6) is 1.61. The van der Waals surface area contributed by atoms with Crippen molar-refractivity contribution >= 4 is 11.7 Å². The van der Waals surface area contributed by atoms with Gasteiger partial charge in [0.15, 0.2) is 0 Å². The van der Waals surface area contributed by atoms with Crippen LogP contribution in [0.5, 0.6) is 0 Å². The van der Waals surface area contributed by atoms with Gasteiger partial charge in [-0.1, -0.05) is 5.16 Å². The van der Waals surface area contributed by atoms with Crippen LogP contribution in [0.3, 0.4) is 0 Å². The van der Waals surface area contributed by atoms with Gasteiger partial charge in [-0.3, -0.25) is 4.79 Å². The van der Waals surface area contributed by atoms with E-state index in [9.17, 15) is 4.79 Å². The molecule has 0 N–H and O–H groups in total. The van der Waals surface area contributed by atoms with Crippen molar-refractivity contribution in [3.63, 3.8) is 0 Å². The molecular formula is C16H20N4O2. The summed E-state index contributed by atoms with van der Waals surface area (Å²) in [6.07, 6.45) is 3.54. The normalized spacial score (nSPS) is 17.8. The fourth-order valence-corrected chi connectivity index (χ4v) is 2.80. The zero-order chi connectivity index (χ0) is 15.7. The number of rotatable bonds is 3. The van der Waals surface area contributed by atoms with Crippen LogP contribution in [0.4, 0.5) is 5.82 Å². The van der Waals surface area contributed by atoms with Crippen molar-refractivity contribution in [2.75, 3.05) is 25.5 Å². The predicted octanol–water partition coefficient (Wildman–Crippen LogP) is 2.42. The Morgan fingerprint density at radius 2 is 2.23 bits per heavy atom. The van der Waals surface area contributed by atoms with Gasteiger partial charge in [0.1, 0.15) is 17.3 Å². The number of aryl methyl sites for hydroxylation is 1. The van der Waals surface area contributed by atoms with Crippen molar-refractivity contribution in [2.24, 2.45) is 0 Å². The molecule has 2 aromatic heterocycles. The largest absolute Gasteiger partial charge is 0.363 e. The number of aromatic nitrogens is 2. The molecule has 0 aliphatic carbocycles. The minimum Gasteiger partial charge on any atom is -0.363 e. The number of hydrogen-bond donors (Lipinski definition) is 0. The van der Waals surface area contributed by atoms with Crippen LogP contribution in [0.1, 0.15) is 40.7 Å². The molecule has 0 bridgehead atoms. The lowest BCUT2D eigenvalue weighted by molar-refractivity contribution is 0.0730. The van der Waals surface area contributed by atoms with Gasteiger partial charge in [-0.15, -0.1) is 0 Å². The number of pyridine rings is 1. The summed E-state index contributed by atoms with van der Waals surface area (Å²) in [5.41, 5.74) is 1.44. The zero-order valence-corrected chi connectivity index (χ0v) is 13.1. The molecule has 3 heterocycles. The van der Waals surface area contributed by atoms with Crippen LogP contribution >= 0.6 is 0 Å². The van der Waals surface area contributed by atoms with Gasteiger partial charge in [0.25, 0.3) is 5.91 Å². The van der Waals surface area contributed by atoms with Crippen LogP contribution < -0.4 is 4.90 Å². The van der Waals surface area contributed by atoms with E-state index in [0.717, 1.165) is 36.7 Å². The van der Waals surface area contributed by atoms with Crippen LogP contribution in [-0.2, 0) is 0 Å². The second-order valence-electron chi connectivity index (χ2n) is 5.82. The van der Waals surface area contributed by atoms with Gasteiger partial charge < -0.3 is 14.3 Å². The molecule has 0 saturated carbocycles. The molecule has 116 valence electrons. The first-order chi connectivity index (χ1) is 10.6. The Kier molecular flexibility index (Phi) is 3.83. The van der Waals surface area contributed by atoms with Crippen LogP contribution in [0.25, 0.3) is 0 Å². The number of carbonyl (C=O) groups excluding carboxylic acids is 1. The quantitative estimate of drug-likeness (QED) is 0.871. The molecule has 0 aromatic carbocycles. The smallest absolute Gasteiger partial charge is 0.255 e. The third kappa shape index (κ3) is 2.68. The molecule has 2 aromatic rings. The Labute approximate surface area is 129 Å². The Morgan fingerprint density at radius 1 is 1.41 bits per heavy atom. The topological polar surface area (TPSA) is 62.5 Å². The summed E-state index contributed by atoms with van der Waals surface area (Å²) in [6.45, 7) is 2.60.